The standard InChI is InChI=1S/C9H11NOS/c12-7-9(5-11-6-9)8-2-1-3-10-4-8/h1-4,12H,5-7H2. The van der Waals surface area contributed by atoms with Crippen LogP contribution in [0.3, 0.4) is 0 Å². The topological polar surface area (TPSA) is 22.1 Å². The zero-order valence-electron chi connectivity index (χ0n) is 6.73. The van der Waals surface area contributed by atoms with E-state index >= 15 is 0 Å². The van der Waals surface area contributed by atoms with Crippen molar-refractivity contribution >= 4 is 12.6 Å². The number of hydrogen-bond donors (Lipinski definition) is 1. The van der Waals surface area contributed by atoms with E-state index in [0.29, 0.717) is 0 Å². The normalized spacial score (nSPS) is 20.1. The van der Waals surface area contributed by atoms with Gasteiger partial charge in [-0.2, -0.15) is 12.6 Å². The molecule has 1 aromatic heterocycles. The van der Waals surface area contributed by atoms with Gasteiger partial charge < -0.3 is 4.74 Å². The van der Waals surface area contributed by atoms with Crippen LogP contribution in [0.15, 0.2) is 24.5 Å². The monoisotopic (exact) mass is 181 g/mol. The van der Waals surface area contributed by atoms with E-state index in [2.05, 4.69) is 23.7 Å². The molecule has 1 aliphatic heterocycles. The lowest BCUT2D eigenvalue weighted by molar-refractivity contribution is -0.0472. The molecule has 12 heavy (non-hydrogen) atoms. The predicted octanol–water partition coefficient (Wildman–Crippen LogP) is 1.28. The molecule has 2 nitrogen and oxygen atoms in total. The summed E-state index contributed by atoms with van der Waals surface area (Å²) in [7, 11) is 0. The summed E-state index contributed by atoms with van der Waals surface area (Å²) in [6.07, 6.45) is 3.69. The van der Waals surface area contributed by atoms with Crippen LogP contribution in [0.1, 0.15) is 5.56 Å². The fourth-order valence-electron chi connectivity index (χ4n) is 1.37. The van der Waals surface area contributed by atoms with Crippen molar-refractivity contribution in [2.45, 2.75) is 5.41 Å². The largest absolute Gasteiger partial charge is 0.379 e. The van der Waals surface area contributed by atoms with E-state index in [4.69, 9.17) is 4.74 Å². The zero-order valence-corrected chi connectivity index (χ0v) is 7.63. The van der Waals surface area contributed by atoms with Gasteiger partial charge in [-0.15, -0.1) is 0 Å². The molecule has 1 fully saturated rings. The minimum absolute atomic E-state index is 0.136. The molecule has 2 heterocycles. The molecule has 0 bridgehead atoms. The maximum atomic E-state index is 5.21. The van der Waals surface area contributed by atoms with Crippen LogP contribution in [0.4, 0.5) is 0 Å². The van der Waals surface area contributed by atoms with Gasteiger partial charge in [0.1, 0.15) is 0 Å². The van der Waals surface area contributed by atoms with Crippen LogP contribution in [0.5, 0.6) is 0 Å². The summed E-state index contributed by atoms with van der Waals surface area (Å²) in [5.41, 5.74) is 1.38. The van der Waals surface area contributed by atoms with Crippen LogP contribution in [-0.2, 0) is 10.2 Å². The van der Waals surface area contributed by atoms with Gasteiger partial charge in [-0.3, -0.25) is 4.98 Å². The van der Waals surface area contributed by atoms with Crippen molar-refractivity contribution in [2.24, 2.45) is 0 Å². The molecule has 0 saturated carbocycles. The van der Waals surface area contributed by atoms with E-state index in [-0.39, 0.29) is 5.41 Å². The van der Waals surface area contributed by atoms with Crippen molar-refractivity contribution in [1.82, 2.24) is 4.98 Å². The SMILES string of the molecule is SCC1(c2cccnc2)COC1. The number of hydrogen-bond acceptors (Lipinski definition) is 3. The number of rotatable bonds is 2. The van der Waals surface area contributed by atoms with E-state index in [0.717, 1.165) is 19.0 Å². The minimum Gasteiger partial charge on any atom is -0.379 e. The van der Waals surface area contributed by atoms with E-state index in [1.54, 1.807) is 6.20 Å². The Morgan fingerprint density at radius 2 is 2.42 bits per heavy atom. The number of thiol groups is 1. The highest BCUT2D eigenvalue weighted by Gasteiger charge is 2.39. The second-order valence-corrected chi connectivity index (χ2v) is 3.49. The zero-order chi connectivity index (χ0) is 8.44. The molecule has 0 spiro atoms. The molecule has 3 heteroatoms. The summed E-state index contributed by atoms with van der Waals surface area (Å²) >= 11 is 4.34. The quantitative estimate of drug-likeness (QED) is 0.694. The van der Waals surface area contributed by atoms with Crippen LogP contribution < -0.4 is 0 Å². The molecule has 0 N–H and O–H groups in total. The molecule has 1 aliphatic rings. The van der Waals surface area contributed by atoms with Crippen LogP contribution in [0.25, 0.3) is 0 Å². The Morgan fingerprint density at radius 1 is 1.58 bits per heavy atom. The average molecular weight is 181 g/mol. The lowest BCUT2D eigenvalue weighted by Gasteiger charge is -2.40. The Labute approximate surface area is 77.4 Å². The van der Waals surface area contributed by atoms with Crippen LogP contribution in [0, 0.1) is 0 Å². The molecule has 0 unspecified atom stereocenters. The Hall–Kier alpha value is -0.540. The molecule has 0 aliphatic carbocycles. The maximum absolute atomic E-state index is 5.21. The Balaban J connectivity index is 2.28. The molecule has 0 amide bonds. The van der Waals surface area contributed by atoms with Crippen molar-refractivity contribution in [3.8, 4) is 0 Å². The van der Waals surface area contributed by atoms with Crippen LogP contribution >= 0.6 is 12.6 Å². The van der Waals surface area contributed by atoms with Gasteiger partial charge in [0.05, 0.1) is 18.6 Å². The third kappa shape index (κ3) is 1.13. The molecular weight excluding hydrogens is 170 g/mol. The van der Waals surface area contributed by atoms with Gasteiger partial charge in [-0.1, -0.05) is 6.07 Å². The highest BCUT2D eigenvalue weighted by Crippen LogP contribution is 2.32. The summed E-state index contributed by atoms with van der Waals surface area (Å²) < 4.78 is 5.21. The molecule has 0 radical (unpaired) electrons. The highest BCUT2D eigenvalue weighted by molar-refractivity contribution is 7.80. The molecule has 2 rings (SSSR count). The fraction of sp³-hybridized carbons (Fsp3) is 0.444. The summed E-state index contributed by atoms with van der Waals surface area (Å²) in [4.78, 5) is 4.09. The van der Waals surface area contributed by atoms with Crippen molar-refractivity contribution in [3.05, 3.63) is 30.1 Å². The molecular formula is C9H11NOS. The van der Waals surface area contributed by atoms with E-state index in [1.165, 1.54) is 5.56 Å². The summed E-state index contributed by atoms with van der Waals surface area (Å²) in [5.74, 6) is 0.832. The molecule has 1 aromatic rings. The molecule has 1 saturated heterocycles. The van der Waals surface area contributed by atoms with Gasteiger partial charge in [0.25, 0.3) is 0 Å². The third-order valence-corrected chi connectivity index (χ3v) is 2.94. The number of pyridine rings is 1. The Kier molecular flexibility index (Phi) is 2.07. The first-order valence-corrected chi connectivity index (χ1v) is 4.60. The molecule has 0 atom stereocenters. The molecule has 64 valence electrons. The van der Waals surface area contributed by atoms with Crippen molar-refractivity contribution in [1.29, 1.82) is 0 Å². The second kappa shape index (κ2) is 3.07. The van der Waals surface area contributed by atoms with Gasteiger partial charge in [-0.25, -0.2) is 0 Å². The number of ether oxygens (including phenoxy) is 1. The first-order chi connectivity index (χ1) is 5.87. The van der Waals surface area contributed by atoms with E-state index in [1.807, 2.05) is 12.3 Å². The average Bonchev–Trinajstić information content (AvgIpc) is 2.05. The third-order valence-electron chi connectivity index (χ3n) is 2.33. The van der Waals surface area contributed by atoms with Gasteiger partial charge >= 0.3 is 0 Å². The Bertz CT molecular complexity index is 253. The van der Waals surface area contributed by atoms with Gasteiger partial charge in [-0.05, 0) is 11.6 Å². The van der Waals surface area contributed by atoms with Gasteiger partial charge in [0.15, 0.2) is 0 Å². The summed E-state index contributed by atoms with van der Waals surface area (Å²) in [5, 5.41) is 0. The molecule has 0 aromatic carbocycles. The maximum Gasteiger partial charge on any atom is 0.0594 e. The van der Waals surface area contributed by atoms with Gasteiger partial charge in [0, 0.05) is 18.1 Å². The Morgan fingerprint density at radius 3 is 2.83 bits per heavy atom. The van der Waals surface area contributed by atoms with E-state index in [9.17, 15) is 0 Å². The van der Waals surface area contributed by atoms with Crippen LogP contribution in [-0.4, -0.2) is 24.0 Å². The lowest BCUT2D eigenvalue weighted by Crippen LogP contribution is -2.48. The minimum atomic E-state index is 0.136. The lowest BCUT2D eigenvalue weighted by atomic mass is 9.81. The van der Waals surface area contributed by atoms with Crippen molar-refractivity contribution in [2.75, 3.05) is 19.0 Å². The highest BCUT2D eigenvalue weighted by atomic mass is 32.1. The number of aromatic nitrogens is 1. The first-order valence-electron chi connectivity index (χ1n) is 3.96. The summed E-state index contributed by atoms with van der Waals surface area (Å²) in [6.45, 7) is 1.56. The number of nitrogens with zero attached hydrogens (tertiary/aromatic N) is 1. The van der Waals surface area contributed by atoms with Crippen molar-refractivity contribution in [3.63, 3.8) is 0 Å². The van der Waals surface area contributed by atoms with Crippen LogP contribution in [0.2, 0.25) is 0 Å². The van der Waals surface area contributed by atoms with Gasteiger partial charge in [0.2, 0.25) is 0 Å². The first kappa shape index (κ1) is 8.08. The van der Waals surface area contributed by atoms with E-state index < -0.39 is 0 Å². The smallest absolute Gasteiger partial charge is 0.0594 e. The summed E-state index contributed by atoms with van der Waals surface area (Å²) in [6, 6.07) is 4.05. The fourth-order valence-corrected chi connectivity index (χ4v) is 1.74. The predicted molar refractivity (Wildman–Crippen MR) is 50.6 cm³/mol. The second-order valence-electron chi connectivity index (χ2n) is 3.17. The van der Waals surface area contributed by atoms with Crippen molar-refractivity contribution < 1.29 is 4.74 Å².